The Labute approximate surface area is 120 Å². The van der Waals surface area contributed by atoms with Crippen LogP contribution in [-0.2, 0) is 4.74 Å². The first-order chi connectivity index (χ1) is 9.74. The van der Waals surface area contributed by atoms with E-state index in [9.17, 15) is 4.79 Å². The van der Waals surface area contributed by atoms with Crippen molar-refractivity contribution in [1.82, 2.24) is 5.32 Å². The lowest BCUT2D eigenvalue weighted by atomic mass is 9.95. The number of hydrogen-bond donors (Lipinski definition) is 2. The molecule has 1 atom stereocenters. The summed E-state index contributed by atoms with van der Waals surface area (Å²) in [6.45, 7) is 2.63. The molecule has 0 heterocycles. The topological polar surface area (TPSA) is 50.4 Å². The van der Waals surface area contributed by atoms with Gasteiger partial charge in [0.2, 0.25) is 0 Å². The van der Waals surface area contributed by atoms with Crippen LogP contribution in [-0.4, -0.2) is 24.8 Å². The maximum absolute atomic E-state index is 11.7. The Morgan fingerprint density at radius 3 is 2.65 bits per heavy atom. The quantitative estimate of drug-likeness (QED) is 0.864. The summed E-state index contributed by atoms with van der Waals surface area (Å²) in [5.41, 5.74) is 0.755. The lowest BCUT2D eigenvalue weighted by Gasteiger charge is -2.24. The summed E-state index contributed by atoms with van der Waals surface area (Å²) in [5, 5.41) is 6.21. The summed E-state index contributed by atoms with van der Waals surface area (Å²) >= 11 is 0. The van der Waals surface area contributed by atoms with Crippen molar-refractivity contribution in [3.05, 3.63) is 30.3 Å². The Hall–Kier alpha value is -1.55. The summed E-state index contributed by atoms with van der Waals surface area (Å²) in [5.74, 6) is 0. The van der Waals surface area contributed by atoms with Crippen molar-refractivity contribution in [2.45, 2.75) is 51.2 Å². The molecule has 110 valence electrons. The van der Waals surface area contributed by atoms with Gasteiger partial charge in [0.1, 0.15) is 6.10 Å². The fourth-order valence-electron chi connectivity index (χ4n) is 2.53. The van der Waals surface area contributed by atoms with Crippen LogP contribution in [0.25, 0.3) is 0 Å². The van der Waals surface area contributed by atoms with Crippen molar-refractivity contribution in [3.63, 3.8) is 0 Å². The van der Waals surface area contributed by atoms with E-state index in [1.54, 1.807) is 0 Å². The molecule has 0 bridgehead atoms. The number of carbonyl (C=O) groups is 1. The Balaban J connectivity index is 1.65. The molecule has 1 aliphatic carbocycles. The standard InChI is InChI=1S/C16H24N2O2/c1-13(12-17-14-8-4-2-5-9-14)20-16(19)18-15-10-6-3-7-11-15/h3,6-7,10-11,13-14,17H,2,4-5,8-9,12H2,1H3,(H,18,19)/t13-/m1/s1. The largest absolute Gasteiger partial charge is 0.445 e. The number of para-hydroxylation sites is 1. The van der Waals surface area contributed by atoms with Gasteiger partial charge < -0.3 is 10.1 Å². The summed E-state index contributed by atoms with van der Waals surface area (Å²) in [4.78, 5) is 11.7. The monoisotopic (exact) mass is 276 g/mol. The highest BCUT2D eigenvalue weighted by atomic mass is 16.6. The van der Waals surface area contributed by atoms with Crippen LogP contribution < -0.4 is 10.6 Å². The highest BCUT2D eigenvalue weighted by Gasteiger charge is 2.15. The van der Waals surface area contributed by atoms with E-state index in [2.05, 4.69) is 10.6 Å². The molecule has 0 saturated heterocycles. The van der Waals surface area contributed by atoms with Crippen LogP contribution in [0.2, 0.25) is 0 Å². The summed E-state index contributed by atoms with van der Waals surface area (Å²) < 4.78 is 5.33. The molecule has 1 amide bonds. The van der Waals surface area contributed by atoms with E-state index < -0.39 is 6.09 Å². The molecule has 2 rings (SSSR count). The number of benzene rings is 1. The molecular formula is C16H24N2O2. The van der Waals surface area contributed by atoms with Crippen LogP contribution in [0.3, 0.4) is 0 Å². The lowest BCUT2D eigenvalue weighted by Crippen LogP contribution is -2.38. The Bertz CT molecular complexity index is 402. The zero-order valence-electron chi connectivity index (χ0n) is 12.1. The van der Waals surface area contributed by atoms with Gasteiger partial charge >= 0.3 is 6.09 Å². The predicted molar refractivity (Wildman–Crippen MR) is 80.9 cm³/mol. The van der Waals surface area contributed by atoms with Crippen molar-refractivity contribution in [1.29, 1.82) is 0 Å². The zero-order valence-corrected chi connectivity index (χ0v) is 12.1. The van der Waals surface area contributed by atoms with Crippen molar-refractivity contribution in [3.8, 4) is 0 Å². The van der Waals surface area contributed by atoms with E-state index in [-0.39, 0.29) is 6.10 Å². The number of hydrogen-bond acceptors (Lipinski definition) is 3. The zero-order chi connectivity index (χ0) is 14.2. The van der Waals surface area contributed by atoms with Crippen molar-refractivity contribution >= 4 is 11.8 Å². The summed E-state index contributed by atoms with van der Waals surface area (Å²) in [6.07, 6.45) is 5.92. The molecule has 0 unspecified atom stereocenters. The number of rotatable bonds is 5. The van der Waals surface area contributed by atoms with E-state index in [0.29, 0.717) is 12.6 Å². The van der Waals surface area contributed by atoms with Crippen molar-refractivity contribution < 1.29 is 9.53 Å². The van der Waals surface area contributed by atoms with Gasteiger partial charge in [0, 0.05) is 18.3 Å². The van der Waals surface area contributed by atoms with E-state index in [4.69, 9.17) is 4.74 Å². The molecule has 1 fully saturated rings. The van der Waals surface area contributed by atoms with Crippen LogP contribution in [0.5, 0.6) is 0 Å². The number of carbonyl (C=O) groups excluding carboxylic acids is 1. The van der Waals surface area contributed by atoms with E-state index in [1.165, 1.54) is 32.1 Å². The van der Waals surface area contributed by atoms with Crippen LogP contribution in [0.1, 0.15) is 39.0 Å². The maximum atomic E-state index is 11.7. The molecule has 1 aromatic rings. The molecule has 0 radical (unpaired) electrons. The number of amides is 1. The van der Waals surface area contributed by atoms with Gasteiger partial charge in [-0.3, -0.25) is 5.32 Å². The third-order valence-electron chi connectivity index (χ3n) is 3.63. The highest BCUT2D eigenvalue weighted by Crippen LogP contribution is 2.17. The second-order valence-electron chi connectivity index (χ2n) is 5.45. The fourth-order valence-corrected chi connectivity index (χ4v) is 2.53. The number of ether oxygens (including phenoxy) is 1. The van der Waals surface area contributed by atoms with Gasteiger partial charge in [-0.1, -0.05) is 37.5 Å². The predicted octanol–water partition coefficient (Wildman–Crippen LogP) is 3.55. The lowest BCUT2D eigenvalue weighted by molar-refractivity contribution is 0.116. The van der Waals surface area contributed by atoms with Gasteiger partial charge in [-0.25, -0.2) is 4.79 Å². The van der Waals surface area contributed by atoms with E-state index >= 15 is 0 Å². The van der Waals surface area contributed by atoms with Crippen LogP contribution in [0.15, 0.2) is 30.3 Å². The van der Waals surface area contributed by atoms with Crippen molar-refractivity contribution in [2.75, 3.05) is 11.9 Å². The second kappa shape index (κ2) is 7.90. The normalized spacial score (nSPS) is 17.4. The Morgan fingerprint density at radius 2 is 1.95 bits per heavy atom. The molecule has 1 aliphatic rings. The molecular weight excluding hydrogens is 252 g/mol. The average molecular weight is 276 g/mol. The minimum absolute atomic E-state index is 0.124. The molecule has 4 heteroatoms. The molecule has 20 heavy (non-hydrogen) atoms. The van der Waals surface area contributed by atoms with Crippen LogP contribution >= 0.6 is 0 Å². The van der Waals surface area contributed by atoms with E-state index in [0.717, 1.165) is 5.69 Å². The SMILES string of the molecule is C[C@H](CNC1CCCCC1)OC(=O)Nc1ccccc1. The molecule has 0 aromatic heterocycles. The molecule has 0 aliphatic heterocycles. The molecule has 1 aromatic carbocycles. The molecule has 1 saturated carbocycles. The number of nitrogens with one attached hydrogen (secondary N) is 2. The maximum Gasteiger partial charge on any atom is 0.411 e. The van der Waals surface area contributed by atoms with E-state index in [1.807, 2.05) is 37.3 Å². The van der Waals surface area contributed by atoms with Gasteiger partial charge in [0.05, 0.1) is 0 Å². The number of anilines is 1. The van der Waals surface area contributed by atoms with Gasteiger partial charge in [0.15, 0.2) is 0 Å². The average Bonchev–Trinajstić information content (AvgIpc) is 2.47. The minimum Gasteiger partial charge on any atom is -0.445 e. The first-order valence-corrected chi connectivity index (χ1v) is 7.50. The van der Waals surface area contributed by atoms with Crippen LogP contribution in [0, 0.1) is 0 Å². The van der Waals surface area contributed by atoms with Gasteiger partial charge in [0.25, 0.3) is 0 Å². The smallest absolute Gasteiger partial charge is 0.411 e. The Kier molecular flexibility index (Phi) is 5.87. The summed E-state index contributed by atoms with van der Waals surface area (Å²) in [6, 6.07) is 9.94. The summed E-state index contributed by atoms with van der Waals surface area (Å²) in [7, 11) is 0. The van der Waals surface area contributed by atoms with Crippen LogP contribution in [0.4, 0.5) is 10.5 Å². The van der Waals surface area contributed by atoms with Gasteiger partial charge in [-0.15, -0.1) is 0 Å². The fraction of sp³-hybridized carbons (Fsp3) is 0.562. The molecule has 4 nitrogen and oxygen atoms in total. The highest BCUT2D eigenvalue weighted by molar-refractivity contribution is 5.84. The third-order valence-corrected chi connectivity index (χ3v) is 3.63. The third kappa shape index (κ3) is 5.21. The molecule has 2 N–H and O–H groups in total. The van der Waals surface area contributed by atoms with Crippen molar-refractivity contribution in [2.24, 2.45) is 0 Å². The second-order valence-corrected chi connectivity index (χ2v) is 5.45. The molecule has 0 spiro atoms. The Morgan fingerprint density at radius 1 is 1.25 bits per heavy atom. The van der Waals surface area contributed by atoms with Gasteiger partial charge in [-0.2, -0.15) is 0 Å². The first kappa shape index (κ1) is 14.9. The minimum atomic E-state index is -0.394. The van der Waals surface area contributed by atoms with Gasteiger partial charge in [-0.05, 0) is 31.9 Å². The first-order valence-electron chi connectivity index (χ1n) is 7.50.